The minimum absolute atomic E-state index is 0.216. The van der Waals surface area contributed by atoms with Crippen LogP contribution < -0.4 is 5.32 Å². The van der Waals surface area contributed by atoms with Gasteiger partial charge in [0, 0.05) is 17.9 Å². The molecule has 0 radical (unpaired) electrons. The van der Waals surface area contributed by atoms with Crippen molar-refractivity contribution >= 4 is 17.6 Å². The summed E-state index contributed by atoms with van der Waals surface area (Å²) in [7, 11) is 0. The van der Waals surface area contributed by atoms with Crippen molar-refractivity contribution < 1.29 is 14.3 Å². The van der Waals surface area contributed by atoms with Crippen LogP contribution in [0.4, 0.5) is 5.69 Å². The first kappa shape index (κ1) is 17.8. The fraction of sp³-hybridized carbons (Fsp3) is 0.368. The molecule has 5 heteroatoms. The second-order valence-electron chi connectivity index (χ2n) is 5.72. The molecule has 1 aromatic carbocycles. The number of benzene rings is 1. The third-order valence-corrected chi connectivity index (χ3v) is 4.09. The number of carbonyl (C=O) groups is 2. The molecular formula is C19H24N2O3. The SMILES string of the molecule is CCOC(=O)c1c(C)c(C(=O)Nc2ccc(C)cc2)c(C)n1CC. The molecule has 2 aromatic rings. The molecular weight excluding hydrogens is 304 g/mol. The van der Waals surface area contributed by atoms with Gasteiger partial charge in [-0.3, -0.25) is 4.79 Å². The van der Waals surface area contributed by atoms with E-state index in [4.69, 9.17) is 4.74 Å². The summed E-state index contributed by atoms with van der Waals surface area (Å²) in [6.07, 6.45) is 0. The molecule has 0 spiro atoms. The van der Waals surface area contributed by atoms with E-state index >= 15 is 0 Å². The van der Waals surface area contributed by atoms with Crippen LogP contribution in [-0.4, -0.2) is 23.1 Å². The molecule has 0 atom stereocenters. The third kappa shape index (κ3) is 3.35. The fourth-order valence-electron chi connectivity index (χ4n) is 2.92. The maximum atomic E-state index is 12.7. The van der Waals surface area contributed by atoms with Gasteiger partial charge in [-0.15, -0.1) is 0 Å². The molecule has 0 unspecified atom stereocenters. The van der Waals surface area contributed by atoms with Gasteiger partial charge in [-0.1, -0.05) is 17.7 Å². The van der Waals surface area contributed by atoms with Crippen LogP contribution in [0.25, 0.3) is 0 Å². The van der Waals surface area contributed by atoms with E-state index in [0.29, 0.717) is 30.0 Å². The molecule has 1 aromatic heterocycles. The number of aryl methyl sites for hydroxylation is 1. The number of ether oxygens (including phenoxy) is 1. The zero-order valence-electron chi connectivity index (χ0n) is 14.9. The lowest BCUT2D eigenvalue weighted by Gasteiger charge is -2.08. The number of nitrogens with zero attached hydrogens (tertiary/aromatic N) is 1. The van der Waals surface area contributed by atoms with Gasteiger partial charge in [-0.25, -0.2) is 4.79 Å². The van der Waals surface area contributed by atoms with E-state index < -0.39 is 5.97 Å². The molecule has 0 saturated heterocycles. The van der Waals surface area contributed by atoms with Crippen LogP contribution in [0.3, 0.4) is 0 Å². The summed E-state index contributed by atoms with van der Waals surface area (Å²) in [4.78, 5) is 25.0. The summed E-state index contributed by atoms with van der Waals surface area (Å²) in [6.45, 7) is 10.2. The van der Waals surface area contributed by atoms with E-state index in [2.05, 4.69) is 5.32 Å². The molecule has 128 valence electrons. The van der Waals surface area contributed by atoms with Crippen molar-refractivity contribution in [3.8, 4) is 0 Å². The van der Waals surface area contributed by atoms with Gasteiger partial charge in [-0.2, -0.15) is 0 Å². The summed E-state index contributed by atoms with van der Waals surface area (Å²) in [6, 6.07) is 7.61. The Hall–Kier alpha value is -2.56. The number of nitrogens with one attached hydrogen (secondary N) is 1. The minimum atomic E-state index is -0.394. The smallest absolute Gasteiger partial charge is 0.355 e. The summed E-state index contributed by atoms with van der Waals surface area (Å²) in [5.41, 5.74) is 4.25. The molecule has 24 heavy (non-hydrogen) atoms. The predicted molar refractivity (Wildman–Crippen MR) is 94.7 cm³/mol. The first-order valence-electron chi connectivity index (χ1n) is 8.15. The highest BCUT2D eigenvalue weighted by atomic mass is 16.5. The zero-order chi connectivity index (χ0) is 17.9. The summed E-state index contributed by atoms with van der Waals surface area (Å²) in [5, 5.41) is 2.90. The maximum absolute atomic E-state index is 12.7. The fourth-order valence-corrected chi connectivity index (χ4v) is 2.92. The molecule has 1 amide bonds. The lowest BCUT2D eigenvalue weighted by molar-refractivity contribution is 0.0512. The number of rotatable bonds is 5. The number of amides is 1. The lowest BCUT2D eigenvalue weighted by Crippen LogP contribution is -2.14. The molecule has 0 fully saturated rings. The summed E-state index contributed by atoms with van der Waals surface area (Å²) >= 11 is 0. The predicted octanol–water partition coefficient (Wildman–Crippen LogP) is 3.86. The number of hydrogen-bond acceptors (Lipinski definition) is 3. The standard InChI is InChI=1S/C19H24N2O3/c1-6-21-14(5)16(13(4)17(21)19(23)24-7-2)18(22)20-15-10-8-12(3)9-11-15/h8-11H,6-7H2,1-5H3,(H,20,22). The second kappa shape index (κ2) is 7.34. The largest absolute Gasteiger partial charge is 0.461 e. The highest BCUT2D eigenvalue weighted by Crippen LogP contribution is 2.24. The lowest BCUT2D eigenvalue weighted by atomic mass is 10.1. The Balaban J connectivity index is 2.40. The molecule has 1 N–H and O–H groups in total. The summed E-state index contributed by atoms with van der Waals surface area (Å²) in [5.74, 6) is -0.610. The molecule has 0 aliphatic carbocycles. The Bertz CT molecular complexity index is 758. The highest BCUT2D eigenvalue weighted by molar-refractivity contribution is 6.08. The average molecular weight is 328 g/mol. The number of esters is 1. The van der Waals surface area contributed by atoms with E-state index in [1.165, 1.54) is 0 Å². The van der Waals surface area contributed by atoms with E-state index in [-0.39, 0.29) is 5.91 Å². The van der Waals surface area contributed by atoms with Crippen molar-refractivity contribution in [1.29, 1.82) is 0 Å². The molecule has 0 saturated carbocycles. The van der Waals surface area contributed by atoms with Crippen molar-refractivity contribution in [2.45, 2.75) is 41.2 Å². The number of aromatic nitrogens is 1. The highest BCUT2D eigenvalue weighted by Gasteiger charge is 2.26. The van der Waals surface area contributed by atoms with Gasteiger partial charge in [0.15, 0.2) is 0 Å². The van der Waals surface area contributed by atoms with Crippen molar-refractivity contribution in [1.82, 2.24) is 4.57 Å². The van der Waals surface area contributed by atoms with Crippen LogP contribution >= 0.6 is 0 Å². The van der Waals surface area contributed by atoms with E-state index in [9.17, 15) is 9.59 Å². The molecule has 0 aliphatic rings. The molecule has 1 heterocycles. The van der Waals surface area contributed by atoms with Crippen LogP contribution in [-0.2, 0) is 11.3 Å². The van der Waals surface area contributed by atoms with Crippen LogP contribution in [0.5, 0.6) is 0 Å². The van der Waals surface area contributed by atoms with Crippen molar-refractivity contribution in [3.63, 3.8) is 0 Å². The first-order valence-corrected chi connectivity index (χ1v) is 8.15. The topological polar surface area (TPSA) is 60.3 Å². The third-order valence-electron chi connectivity index (χ3n) is 4.09. The van der Waals surface area contributed by atoms with E-state index in [1.54, 1.807) is 13.8 Å². The molecule has 2 rings (SSSR count). The Morgan fingerprint density at radius 3 is 2.25 bits per heavy atom. The zero-order valence-corrected chi connectivity index (χ0v) is 14.9. The molecule has 5 nitrogen and oxygen atoms in total. The Morgan fingerprint density at radius 1 is 1.08 bits per heavy atom. The van der Waals surface area contributed by atoms with Gasteiger partial charge in [0.05, 0.1) is 12.2 Å². The maximum Gasteiger partial charge on any atom is 0.355 e. The van der Waals surface area contributed by atoms with Crippen LogP contribution in [0.15, 0.2) is 24.3 Å². The second-order valence-corrected chi connectivity index (χ2v) is 5.72. The Morgan fingerprint density at radius 2 is 1.71 bits per heavy atom. The number of hydrogen-bond donors (Lipinski definition) is 1. The van der Waals surface area contributed by atoms with Crippen molar-refractivity contribution in [3.05, 3.63) is 52.3 Å². The normalized spacial score (nSPS) is 10.5. The Labute approximate surface area is 142 Å². The van der Waals surface area contributed by atoms with E-state index in [1.807, 2.05) is 49.6 Å². The van der Waals surface area contributed by atoms with Gasteiger partial charge in [-0.05, 0) is 52.3 Å². The van der Waals surface area contributed by atoms with Gasteiger partial charge in [0.2, 0.25) is 0 Å². The number of carbonyl (C=O) groups excluding carboxylic acids is 2. The monoisotopic (exact) mass is 328 g/mol. The van der Waals surface area contributed by atoms with Crippen molar-refractivity contribution in [2.75, 3.05) is 11.9 Å². The van der Waals surface area contributed by atoms with Gasteiger partial charge < -0.3 is 14.6 Å². The summed E-state index contributed by atoms with van der Waals surface area (Å²) < 4.78 is 6.97. The number of anilines is 1. The van der Waals surface area contributed by atoms with Crippen LogP contribution in [0.2, 0.25) is 0 Å². The Kier molecular flexibility index (Phi) is 5.44. The first-order chi connectivity index (χ1) is 11.4. The van der Waals surface area contributed by atoms with Gasteiger partial charge in [0.25, 0.3) is 5.91 Å². The van der Waals surface area contributed by atoms with Crippen LogP contribution in [0.1, 0.15) is 51.5 Å². The van der Waals surface area contributed by atoms with Gasteiger partial charge >= 0.3 is 5.97 Å². The molecule has 0 bridgehead atoms. The van der Waals surface area contributed by atoms with E-state index in [0.717, 1.165) is 16.9 Å². The minimum Gasteiger partial charge on any atom is -0.461 e. The molecule has 0 aliphatic heterocycles. The quantitative estimate of drug-likeness (QED) is 0.848. The van der Waals surface area contributed by atoms with Crippen LogP contribution in [0, 0.1) is 20.8 Å². The van der Waals surface area contributed by atoms with Gasteiger partial charge in [0.1, 0.15) is 5.69 Å². The average Bonchev–Trinajstić information content (AvgIpc) is 2.80. The van der Waals surface area contributed by atoms with Crippen molar-refractivity contribution in [2.24, 2.45) is 0 Å².